The Bertz CT molecular complexity index is 872. The summed E-state index contributed by atoms with van der Waals surface area (Å²) in [5, 5.41) is 9.69. The zero-order valence-corrected chi connectivity index (χ0v) is 14.4. The number of anilines is 1. The first-order valence-corrected chi connectivity index (χ1v) is 7.87. The quantitative estimate of drug-likeness (QED) is 0.712. The Balaban J connectivity index is 1.84. The number of nitrogens with zero attached hydrogens (tertiary/aromatic N) is 4. The molecule has 0 saturated heterocycles. The van der Waals surface area contributed by atoms with E-state index in [1.54, 1.807) is 13.3 Å². The molecule has 8 nitrogen and oxygen atoms in total. The lowest BCUT2D eigenvalue weighted by Crippen LogP contribution is -2.21. The first-order chi connectivity index (χ1) is 12.1. The summed E-state index contributed by atoms with van der Waals surface area (Å²) in [6.45, 7) is 0.667. The van der Waals surface area contributed by atoms with Crippen LogP contribution in [0.2, 0.25) is 0 Å². The van der Waals surface area contributed by atoms with Crippen molar-refractivity contribution < 1.29 is 9.53 Å². The van der Waals surface area contributed by atoms with Gasteiger partial charge < -0.3 is 15.0 Å². The summed E-state index contributed by atoms with van der Waals surface area (Å²) in [6, 6.07) is 7.54. The standard InChI is InChI=1S/C17H20N6O2/c1-23(2)9-8-14(24)20-17-15-16(21-22-17)18-10-13(19-15)11-4-6-12(25-3)7-5-11/h4-7,10H,8-9H2,1-3H3,(H2,18,20,21,22,24). The van der Waals surface area contributed by atoms with Crippen molar-refractivity contribution in [3.05, 3.63) is 30.5 Å². The number of ether oxygens (including phenoxy) is 1. The van der Waals surface area contributed by atoms with E-state index in [0.717, 1.165) is 11.3 Å². The molecule has 130 valence electrons. The summed E-state index contributed by atoms with van der Waals surface area (Å²) in [6.07, 6.45) is 2.04. The zero-order valence-electron chi connectivity index (χ0n) is 14.4. The Labute approximate surface area is 145 Å². The fourth-order valence-corrected chi connectivity index (χ4v) is 2.31. The molecule has 2 heterocycles. The third-order valence-electron chi connectivity index (χ3n) is 3.70. The lowest BCUT2D eigenvalue weighted by atomic mass is 10.1. The van der Waals surface area contributed by atoms with Crippen LogP contribution in [-0.2, 0) is 4.79 Å². The monoisotopic (exact) mass is 340 g/mol. The SMILES string of the molecule is COc1ccc(-c2cnc3n[nH]c(NC(=O)CCN(C)C)c3n2)cc1. The highest BCUT2D eigenvalue weighted by Crippen LogP contribution is 2.24. The van der Waals surface area contributed by atoms with Gasteiger partial charge in [0.2, 0.25) is 11.6 Å². The van der Waals surface area contributed by atoms with Gasteiger partial charge in [-0.1, -0.05) is 0 Å². The van der Waals surface area contributed by atoms with Crippen LogP contribution in [0.4, 0.5) is 5.82 Å². The van der Waals surface area contributed by atoms with E-state index in [0.29, 0.717) is 35.6 Å². The summed E-state index contributed by atoms with van der Waals surface area (Å²) in [5.41, 5.74) is 2.59. The maximum absolute atomic E-state index is 12.0. The molecular formula is C17H20N6O2. The van der Waals surface area contributed by atoms with Crippen molar-refractivity contribution in [2.75, 3.05) is 33.1 Å². The van der Waals surface area contributed by atoms with E-state index in [4.69, 9.17) is 4.74 Å². The van der Waals surface area contributed by atoms with E-state index in [-0.39, 0.29) is 5.91 Å². The van der Waals surface area contributed by atoms with Gasteiger partial charge in [0.1, 0.15) is 5.75 Å². The lowest BCUT2D eigenvalue weighted by Gasteiger charge is -2.08. The maximum atomic E-state index is 12.0. The molecular weight excluding hydrogens is 320 g/mol. The Hall–Kier alpha value is -3.00. The molecule has 0 bridgehead atoms. The normalized spacial score (nSPS) is 11.0. The van der Waals surface area contributed by atoms with Gasteiger partial charge in [-0.2, -0.15) is 5.10 Å². The van der Waals surface area contributed by atoms with Gasteiger partial charge in [0.25, 0.3) is 0 Å². The first kappa shape index (κ1) is 16.8. The molecule has 1 aromatic carbocycles. The number of rotatable bonds is 6. The third kappa shape index (κ3) is 3.92. The molecule has 0 fully saturated rings. The van der Waals surface area contributed by atoms with Crippen LogP contribution >= 0.6 is 0 Å². The third-order valence-corrected chi connectivity index (χ3v) is 3.70. The molecule has 0 radical (unpaired) electrons. The van der Waals surface area contributed by atoms with Crippen LogP contribution in [-0.4, -0.2) is 58.7 Å². The highest BCUT2D eigenvalue weighted by atomic mass is 16.5. The van der Waals surface area contributed by atoms with Crippen molar-refractivity contribution in [3.63, 3.8) is 0 Å². The predicted octanol–water partition coefficient (Wildman–Crippen LogP) is 1.92. The van der Waals surface area contributed by atoms with E-state index < -0.39 is 0 Å². The molecule has 0 spiro atoms. The number of carbonyl (C=O) groups is 1. The number of amides is 1. The molecule has 2 N–H and O–H groups in total. The van der Waals surface area contributed by atoms with Crippen LogP contribution in [0.1, 0.15) is 6.42 Å². The predicted molar refractivity (Wildman–Crippen MR) is 95.5 cm³/mol. The van der Waals surface area contributed by atoms with E-state index >= 15 is 0 Å². The second kappa shape index (κ2) is 7.27. The average molecular weight is 340 g/mol. The van der Waals surface area contributed by atoms with E-state index in [2.05, 4.69) is 25.5 Å². The van der Waals surface area contributed by atoms with E-state index in [1.165, 1.54) is 0 Å². The summed E-state index contributed by atoms with van der Waals surface area (Å²) >= 11 is 0. The summed E-state index contributed by atoms with van der Waals surface area (Å²) in [5.74, 6) is 1.13. The molecule has 0 aliphatic heterocycles. The minimum Gasteiger partial charge on any atom is -0.497 e. The Kier molecular flexibility index (Phi) is 4.90. The molecule has 0 atom stereocenters. The first-order valence-electron chi connectivity index (χ1n) is 7.87. The van der Waals surface area contributed by atoms with Crippen molar-refractivity contribution in [3.8, 4) is 17.0 Å². The molecule has 1 amide bonds. The molecule has 2 aromatic heterocycles. The molecule has 3 aromatic rings. The highest BCUT2D eigenvalue weighted by Gasteiger charge is 2.13. The maximum Gasteiger partial charge on any atom is 0.226 e. The fourth-order valence-electron chi connectivity index (χ4n) is 2.31. The highest BCUT2D eigenvalue weighted by molar-refractivity contribution is 5.97. The number of aromatic nitrogens is 4. The average Bonchev–Trinajstić information content (AvgIpc) is 3.02. The number of nitrogens with one attached hydrogen (secondary N) is 2. The number of fused-ring (bicyclic) bond motifs is 1. The second-order valence-corrected chi connectivity index (χ2v) is 5.86. The number of benzene rings is 1. The van der Waals surface area contributed by atoms with Gasteiger partial charge >= 0.3 is 0 Å². The molecule has 3 rings (SSSR count). The summed E-state index contributed by atoms with van der Waals surface area (Å²) < 4.78 is 5.16. The van der Waals surface area contributed by atoms with Crippen LogP contribution in [0.25, 0.3) is 22.4 Å². The van der Waals surface area contributed by atoms with Crippen LogP contribution in [0, 0.1) is 0 Å². The molecule has 0 aliphatic carbocycles. The Morgan fingerprint density at radius 1 is 1.28 bits per heavy atom. The smallest absolute Gasteiger partial charge is 0.226 e. The van der Waals surface area contributed by atoms with Gasteiger partial charge in [-0.15, -0.1) is 0 Å². The largest absolute Gasteiger partial charge is 0.497 e. The number of hydrogen-bond acceptors (Lipinski definition) is 6. The summed E-state index contributed by atoms with van der Waals surface area (Å²) in [7, 11) is 5.47. The Morgan fingerprint density at radius 3 is 2.72 bits per heavy atom. The number of methoxy groups -OCH3 is 1. The number of H-pyrrole nitrogens is 1. The van der Waals surface area contributed by atoms with E-state index in [1.807, 2.05) is 43.3 Å². The molecule has 25 heavy (non-hydrogen) atoms. The van der Waals surface area contributed by atoms with E-state index in [9.17, 15) is 4.79 Å². The van der Waals surface area contributed by atoms with Gasteiger partial charge in [-0.25, -0.2) is 9.97 Å². The minimum absolute atomic E-state index is 0.101. The van der Waals surface area contributed by atoms with Crippen molar-refractivity contribution in [2.24, 2.45) is 0 Å². The molecule has 0 saturated carbocycles. The van der Waals surface area contributed by atoms with Gasteiger partial charge in [0.05, 0.1) is 19.0 Å². The van der Waals surface area contributed by atoms with Gasteiger partial charge in [-0.3, -0.25) is 9.89 Å². The molecule has 0 aliphatic rings. The topological polar surface area (TPSA) is 96.0 Å². The number of hydrogen-bond donors (Lipinski definition) is 2. The lowest BCUT2D eigenvalue weighted by molar-refractivity contribution is -0.116. The van der Waals surface area contributed by atoms with Crippen LogP contribution in [0.15, 0.2) is 30.5 Å². The zero-order chi connectivity index (χ0) is 17.8. The summed E-state index contributed by atoms with van der Waals surface area (Å²) in [4.78, 5) is 22.9. The molecule has 0 unspecified atom stereocenters. The van der Waals surface area contributed by atoms with Crippen LogP contribution < -0.4 is 10.1 Å². The Morgan fingerprint density at radius 2 is 2.04 bits per heavy atom. The molecule has 8 heteroatoms. The van der Waals surface area contributed by atoms with Crippen molar-refractivity contribution in [1.29, 1.82) is 0 Å². The van der Waals surface area contributed by atoms with Crippen molar-refractivity contribution in [1.82, 2.24) is 25.1 Å². The van der Waals surface area contributed by atoms with Crippen molar-refractivity contribution in [2.45, 2.75) is 6.42 Å². The van der Waals surface area contributed by atoms with Crippen LogP contribution in [0.3, 0.4) is 0 Å². The number of aromatic amines is 1. The minimum atomic E-state index is -0.101. The van der Waals surface area contributed by atoms with Crippen molar-refractivity contribution >= 4 is 22.9 Å². The van der Waals surface area contributed by atoms with Gasteiger partial charge in [0, 0.05) is 18.5 Å². The van der Waals surface area contributed by atoms with Crippen LogP contribution in [0.5, 0.6) is 5.75 Å². The second-order valence-electron chi connectivity index (χ2n) is 5.86. The van der Waals surface area contributed by atoms with Gasteiger partial charge in [-0.05, 0) is 38.4 Å². The van der Waals surface area contributed by atoms with Gasteiger partial charge in [0.15, 0.2) is 11.3 Å². The number of carbonyl (C=O) groups excluding carboxylic acids is 1. The fraction of sp³-hybridized carbons (Fsp3) is 0.294.